The molecule has 0 unspecified atom stereocenters. The number of pyridine rings is 1. The Morgan fingerprint density at radius 2 is 1.94 bits per heavy atom. The molecule has 0 saturated heterocycles. The van der Waals surface area contributed by atoms with Crippen LogP contribution in [0, 0.1) is 5.82 Å². The lowest BCUT2D eigenvalue weighted by atomic mass is 9.95. The smallest absolute Gasteiger partial charge is 0.124 e. The second-order valence-corrected chi connectivity index (χ2v) is 4.33. The highest BCUT2D eigenvalue weighted by Crippen LogP contribution is 2.29. The largest absolute Gasteiger partial charge is 0.384 e. The molecule has 0 aliphatic rings. The van der Waals surface area contributed by atoms with Crippen molar-refractivity contribution in [2.24, 2.45) is 0 Å². The molecule has 0 saturated carbocycles. The van der Waals surface area contributed by atoms with Gasteiger partial charge in [-0.25, -0.2) is 9.37 Å². The van der Waals surface area contributed by atoms with Crippen molar-refractivity contribution in [2.45, 2.75) is 19.8 Å². The van der Waals surface area contributed by atoms with Crippen LogP contribution in [0.1, 0.15) is 25.3 Å². The highest BCUT2D eigenvalue weighted by atomic mass is 19.1. The second-order valence-electron chi connectivity index (χ2n) is 4.33. The molecule has 0 spiro atoms. The molecular formula is C14H15FN2. The molecule has 0 bridgehead atoms. The number of nitrogens with two attached hydrogens (primary N) is 1. The Morgan fingerprint density at radius 3 is 2.59 bits per heavy atom. The molecule has 2 rings (SSSR count). The molecule has 17 heavy (non-hydrogen) atoms. The zero-order valence-corrected chi connectivity index (χ0v) is 9.94. The van der Waals surface area contributed by atoms with E-state index in [1.807, 2.05) is 12.1 Å². The van der Waals surface area contributed by atoms with E-state index < -0.39 is 0 Å². The van der Waals surface area contributed by atoms with Gasteiger partial charge in [-0.15, -0.1) is 0 Å². The van der Waals surface area contributed by atoms with Crippen molar-refractivity contribution in [3.05, 3.63) is 47.8 Å². The number of hydrogen-bond donors (Lipinski definition) is 1. The average molecular weight is 230 g/mol. The number of benzene rings is 1. The third-order valence-corrected chi connectivity index (χ3v) is 2.68. The average Bonchev–Trinajstić information content (AvgIpc) is 2.28. The van der Waals surface area contributed by atoms with Crippen LogP contribution in [0.3, 0.4) is 0 Å². The number of hydrogen-bond acceptors (Lipinski definition) is 2. The summed E-state index contributed by atoms with van der Waals surface area (Å²) in [5.74, 6) is 0.504. The number of nitrogens with zero attached hydrogens (tertiary/aromatic N) is 1. The van der Waals surface area contributed by atoms with Crippen LogP contribution in [0.25, 0.3) is 11.3 Å². The second kappa shape index (κ2) is 4.53. The van der Waals surface area contributed by atoms with Crippen LogP contribution >= 0.6 is 0 Å². The van der Waals surface area contributed by atoms with Gasteiger partial charge in [0.15, 0.2) is 0 Å². The van der Waals surface area contributed by atoms with E-state index in [9.17, 15) is 4.39 Å². The summed E-state index contributed by atoms with van der Waals surface area (Å²) in [5.41, 5.74) is 8.26. The van der Waals surface area contributed by atoms with Gasteiger partial charge in [-0.05, 0) is 35.7 Å². The quantitative estimate of drug-likeness (QED) is 0.856. The van der Waals surface area contributed by atoms with Crippen LogP contribution in [0.4, 0.5) is 10.2 Å². The third-order valence-electron chi connectivity index (χ3n) is 2.68. The van der Waals surface area contributed by atoms with Gasteiger partial charge in [0.05, 0.1) is 5.69 Å². The highest BCUT2D eigenvalue weighted by molar-refractivity contribution is 5.65. The molecule has 0 radical (unpaired) electrons. The number of anilines is 1. The minimum absolute atomic E-state index is 0.256. The van der Waals surface area contributed by atoms with Crippen molar-refractivity contribution in [2.75, 3.05) is 5.73 Å². The van der Waals surface area contributed by atoms with Gasteiger partial charge in [-0.2, -0.15) is 0 Å². The minimum Gasteiger partial charge on any atom is -0.384 e. The van der Waals surface area contributed by atoms with Crippen molar-refractivity contribution < 1.29 is 4.39 Å². The van der Waals surface area contributed by atoms with Crippen LogP contribution in [-0.2, 0) is 0 Å². The standard InChI is InChI=1S/C14H15FN2/c1-9(2)11-7-6-10(15)8-12(11)13-4-3-5-14(16)17-13/h3-9H,1-2H3,(H2,16,17). The highest BCUT2D eigenvalue weighted by Gasteiger charge is 2.10. The minimum atomic E-state index is -0.256. The fraction of sp³-hybridized carbons (Fsp3) is 0.214. The van der Waals surface area contributed by atoms with Gasteiger partial charge in [0.2, 0.25) is 0 Å². The molecule has 2 aromatic rings. The molecule has 88 valence electrons. The maximum Gasteiger partial charge on any atom is 0.124 e. The number of rotatable bonds is 2. The predicted molar refractivity (Wildman–Crippen MR) is 68.1 cm³/mol. The fourth-order valence-electron chi connectivity index (χ4n) is 1.86. The molecule has 0 atom stereocenters. The molecule has 1 aromatic heterocycles. The summed E-state index contributed by atoms with van der Waals surface area (Å²) < 4.78 is 13.3. The summed E-state index contributed by atoms with van der Waals surface area (Å²) in [6.07, 6.45) is 0. The summed E-state index contributed by atoms with van der Waals surface area (Å²) in [4.78, 5) is 4.24. The van der Waals surface area contributed by atoms with Crippen molar-refractivity contribution in [3.63, 3.8) is 0 Å². The zero-order chi connectivity index (χ0) is 12.4. The molecule has 2 N–H and O–H groups in total. The molecule has 1 aromatic carbocycles. The van der Waals surface area contributed by atoms with Gasteiger partial charge in [-0.3, -0.25) is 0 Å². The Balaban J connectivity index is 2.61. The van der Waals surface area contributed by atoms with E-state index >= 15 is 0 Å². The first-order valence-corrected chi connectivity index (χ1v) is 5.60. The fourth-order valence-corrected chi connectivity index (χ4v) is 1.86. The Labute approximate surface area is 100 Å². The molecule has 0 fully saturated rings. The van der Waals surface area contributed by atoms with Crippen LogP contribution < -0.4 is 5.73 Å². The van der Waals surface area contributed by atoms with Crippen LogP contribution in [0.5, 0.6) is 0 Å². The first-order valence-electron chi connectivity index (χ1n) is 5.60. The van der Waals surface area contributed by atoms with E-state index in [1.165, 1.54) is 12.1 Å². The Hall–Kier alpha value is -1.90. The Kier molecular flexibility index (Phi) is 3.09. The van der Waals surface area contributed by atoms with Crippen molar-refractivity contribution in [3.8, 4) is 11.3 Å². The zero-order valence-electron chi connectivity index (χ0n) is 9.94. The summed E-state index contributed by atoms with van der Waals surface area (Å²) >= 11 is 0. The van der Waals surface area contributed by atoms with Crippen molar-refractivity contribution >= 4 is 5.82 Å². The SMILES string of the molecule is CC(C)c1ccc(F)cc1-c1cccc(N)n1. The topological polar surface area (TPSA) is 38.9 Å². The summed E-state index contributed by atoms with van der Waals surface area (Å²) in [7, 11) is 0. The lowest BCUT2D eigenvalue weighted by molar-refractivity contribution is 0.627. The van der Waals surface area contributed by atoms with E-state index in [4.69, 9.17) is 5.73 Å². The summed E-state index contributed by atoms with van der Waals surface area (Å²) in [6, 6.07) is 10.2. The predicted octanol–water partition coefficient (Wildman–Crippen LogP) is 3.59. The van der Waals surface area contributed by atoms with E-state index in [0.29, 0.717) is 17.4 Å². The van der Waals surface area contributed by atoms with Crippen LogP contribution in [0.15, 0.2) is 36.4 Å². The summed E-state index contributed by atoms with van der Waals surface area (Å²) in [6.45, 7) is 4.14. The van der Waals surface area contributed by atoms with Crippen LogP contribution in [-0.4, -0.2) is 4.98 Å². The molecule has 0 aliphatic heterocycles. The lowest BCUT2D eigenvalue weighted by Crippen LogP contribution is -1.97. The maximum absolute atomic E-state index is 13.3. The van der Waals surface area contributed by atoms with Gasteiger partial charge in [0, 0.05) is 5.56 Å². The molecule has 2 nitrogen and oxygen atoms in total. The lowest BCUT2D eigenvalue weighted by Gasteiger charge is -2.12. The van der Waals surface area contributed by atoms with Crippen LogP contribution in [0.2, 0.25) is 0 Å². The molecular weight excluding hydrogens is 215 g/mol. The summed E-state index contributed by atoms with van der Waals surface area (Å²) in [5, 5.41) is 0. The molecule has 3 heteroatoms. The number of halogens is 1. The van der Waals surface area contributed by atoms with E-state index in [0.717, 1.165) is 11.1 Å². The number of aromatic nitrogens is 1. The molecule has 0 amide bonds. The van der Waals surface area contributed by atoms with E-state index in [1.54, 1.807) is 12.1 Å². The Morgan fingerprint density at radius 1 is 1.18 bits per heavy atom. The van der Waals surface area contributed by atoms with Crippen molar-refractivity contribution in [1.82, 2.24) is 4.98 Å². The normalized spacial score (nSPS) is 10.8. The van der Waals surface area contributed by atoms with Gasteiger partial charge >= 0.3 is 0 Å². The Bertz CT molecular complexity index is 535. The third kappa shape index (κ3) is 2.44. The molecule has 0 aliphatic carbocycles. The van der Waals surface area contributed by atoms with Crippen molar-refractivity contribution in [1.29, 1.82) is 0 Å². The van der Waals surface area contributed by atoms with Gasteiger partial charge in [0.25, 0.3) is 0 Å². The molecule has 1 heterocycles. The number of nitrogen functional groups attached to an aromatic ring is 1. The maximum atomic E-state index is 13.3. The first-order chi connectivity index (χ1) is 8.08. The van der Waals surface area contributed by atoms with E-state index in [-0.39, 0.29) is 5.82 Å². The van der Waals surface area contributed by atoms with Gasteiger partial charge < -0.3 is 5.73 Å². The van der Waals surface area contributed by atoms with Gasteiger partial charge in [-0.1, -0.05) is 26.0 Å². The van der Waals surface area contributed by atoms with Gasteiger partial charge in [0.1, 0.15) is 11.6 Å². The first kappa shape index (κ1) is 11.6. The monoisotopic (exact) mass is 230 g/mol. The van der Waals surface area contributed by atoms with E-state index in [2.05, 4.69) is 18.8 Å².